The molecule has 1 aromatic rings. The lowest BCUT2D eigenvalue weighted by Gasteiger charge is -2.17. The number of carbonyl (C=O) groups excluding carboxylic acids is 2. The number of hydrogen-bond acceptors (Lipinski definition) is 5. The summed E-state index contributed by atoms with van der Waals surface area (Å²) in [6.07, 6.45) is 0.0664. The summed E-state index contributed by atoms with van der Waals surface area (Å²) in [7, 11) is 1.57. The molecule has 116 valence electrons. The van der Waals surface area contributed by atoms with E-state index in [1.54, 1.807) is 31.4 Å². The monoisotopic (exact) mass is 295 g/mol. The van der Waals surface area contributed by atoms with Gasteiger partial charge in [-0.15, -0.1) is 0 Å². The lowest BCUT2D eigenvalue weighted by atomic mass is 10.2. The number of benzene rings is 1. The molecular weight excluding hydrogens is 274 g/mol. The number of rotatable bonds is 7. The average molecular weight is 295 g/mol. The van der Waals surface area contributed by atoms with Crippen molar-refractivity contribution in [2.24, 2.45) is 5.73 Å². The van der Waals surface area contributed by atoms with E-state index in [-0.39, 0.29) is 12.6 Å². The van der Waals surface area contributed by atoms with Crippen LogP contribution in [0, 0.1) is 0 Å². The Morgan fingerprint density at radius 1 is 1.29 bits per heavy atom. The summed E-state index contributed by atoms with van der Waals surface area (Å²) < 4.78 is 10.1. The van der Waals surface area contributed by atoms with Crippen molar-refractivity contribution in [1.29, 1.82) is 0 Å². The largest absolute Gasteiger partial charge is 0.497 e. The molecule has 4 N–H and O–H groups in total. The molecular formula is C14H21N3O4. The molecule has 0 spiro atoms. The van der Waals surface area contributed by atoms with Crippen LogP contribution in [0.1, 0.15) is 13.3 Å². The van der Waals surface area contributed by atoms with E-state index in [0.717, 1.165) is 0 Å². The first-order valence-electron chi connectivity index (χ1n) is 6.61. The smallest absolute Gasteiger partial charge is 0.319 e. The first kappa shape index (κ1) is 16.8. The van der Waals surface area contributed by atoms with E-state index in [9.17, 15) is 9.59 Å². The number of carbonyl (C=O) groups is 2. The minimum atomic E-state index is -0.422. The van der Waals surface area contributed by atoms with Crippen molar-refractivity contribution in [2.45, 2.75) is 19.4 Å². The minimum Gasteiger partial charge on any atom is -0.497 e. The molecule has 0 saturated carbocycles. The molecule has 0 aromatic heterocycles. The molecule has 0 aliphatic carbocycles. The summed E-state index contributed by atoms with van der Waals surface area (Å²) in [5.41, 5.74) is 6.07. The van der Waals surface area contributed by atoms with Gasteiger partial charge in [-0.25, -0.2) is 4.79 Å². The van der Waals surface area contributed by atoms with Crippen molar-refractivity contribution in [2.75, 3.05) is 25.5 Å². The second-order valence-electron chi connectivity index (χ2n) is 4.37. The normalized spacial score (nSPS) is 11.4. The summed E-state index contributed by atoms with van der Waals surface area (Å²) >= 11 is 0. The van der Waals surface area contributed by atoms with E-state index in [2.05, 4.69) is 10.6 Å². The van der Waals surface area contributed by atoms with Crippen LogP contribution in [0.25, 0.3) is 0 Å². The van der Waals surface area contributed by atoms with Crippen LogP contribution in [0.2, 0.25) is 0 Å². The molecule has 0 radical (unpaired) electrons. The first-order chi connectivity index (χ1) is 10.0. The Morgan fingerprint density at radius 2 is 1.95 bits per heavy atom. The Morgan fingerprint density at radius 3 is 2.48 bits per heavy atom. The van der Waals surface area contributed by atoms with Gasteiger partial charge in [0.15, 0.2) is 0 Å². The van der Waals surface area contributed by atoms with Crippen molar-refractivity contribution in [1.82, 2.24) is 5.32 Å². The van der Waals surface area contributed by atoms with Crippen LogP contribution in [-0.4, -0.2) is 38.3 Å². The van der Waals surface area contributed by atoms with Gasteiger partial charge in [0.05, 0.1) is 13.7 Å². The zero-order chi connectivity index (χ0) is 15.7. The number of esters is 1. The van der Waals surface area contributed by atoms with Gasteiger partial charge in [0.2, 0.25) is 0 Å². The van der Waals surface area contributed by atoms with Gasteiger partial charge in [0.1, 0.15) is 11.9 Å². The lowest BCUT2D eigenvalue weighted by Crippen LogP contribution is -2.38. The topological polar surface area (TPSA) is 103 Å². The molecule has 0 saturated heterocycles. The maximum absolute atomic E-state index is 11.7. The maximum atomic E-state index is 11.7. The Balaban J connectivity index is 2.42. The number of methoxy groups -OCH3 is 1. The maximum Gasteiger partial charge on any atom is 0.319 e. The number of nitrogens with two attached hydrogens (primary N) is 1. The fourth-order valence-corrected chi connectivity index (χ4v) is 1.68. The van der Waals surface area contributed by atoms with Crippen LogP contribution in [0.3, 0.4) is 0 Å². The fraction of sp³-hybridized carbons (Fsp3) is 0.429. The van der Waals surface area contributed by atoms with E-state index in [1.165, 1.54) is 6.92 Å². The highest BCUT2D eigenvalue weighted by atomic mass is 16.5. The standard InChI is InChI=1S/C14H21N3O4/c1-10(18)21-13(7-8-15)9-16-14(19)17-11-3-5-12(20-2)6-4-11/h3-6,13H,7-9,15H2,1-2H3,(H2,16,17,19). The van der Waals surface area contributed by atoms with E-state index < -0.39 is 12.1 Å². The molecule has 0 bridgehead atoms. The molecule has 2 amide bonds. The van der Waals surface area contributed by atoms with E-state index in [0.29, 0.717) is 24.4 Å². The van der Waals surface area contributed by atoms with Crippen LogP contribution < -0.4 is 21.1 Å². The first-order valence-corrected chi connectivity index (χ1v) is 6.61. The molecule has 21 heavy (non-hydrogen) atoms. The second kappa shape index (κ2) is 8.80. The zero-order valence-corrected chi connectivity index (χ0v) is 12.2. The SMILES string of the molecule is COc1ccc(NC(=O)NCC(CCN)OC(C)=O)cc1. The third-order valence-corrected chi connectivity index (χ3v) is 2.66. The number of ether oxygens (including phenoxy) is 2. The van der Waals surface area contributed by atoms with Crippen LogP contribution in [0.5, 0.6) is 5.75 Å². The van der Waals surface area contributed by atoms with Gasteiger partial charge in [-0.2, -0.15) is 0 Å². The Labute approximate surface area is 123 Å². The van der Waals surface area contributed by atoms with Crippen molar-refractivity contribution in [3.8, 4) is 5.75 Å². The third kappa shape index (κ3) is 6.62. The Kier molecular flexibility index (Phi) is 7.03. The predicted octanol–water partition coefficient (Wildman–Crippen LogP) is 1.10. The van der Waals surface area contributed by atoms with Crippen molar-refractivity contribution in [3.63, 3.8) is 0 Å². The van der Waals surface area contributed by atoms with Gasteiger partial charge >= 0.3 is 12.0 Å². The third-order valence-electron chi connectivity index (χ3n) is 2.66. The summed E-state index contributed by atoms with van der Waals surface area (Å²) in [4.78, 5) is 22.7. The number of urea groups is 1. The minimum absolute atomic E-state index is 0.207. The Hall–Kier alpha value is -2.28. The van der Waals surface area contributed by atoms with Crippen molar-refractivity contribution < 1.29 is 19.1 Å². The van der Waals surface area contributed by atoms with E-state index in [1.807, 2.05) is 0 Å². The lowest BCUT2D eigenvalue weighted by molar-refractivity contribution is -0.146. The highest BCUT2D eigenvalue weighted by Crippen LogP contribution is 2.14. The molecule has 1 rings (SSSR count). The van der Waals surface area contributed by atoms with Gasteiger partial charge in [-0.1, -0.05) is 0 Å². The molecule has 1 atom stereocenters. The molecule has 0 heterocycles. The molecule has 0 aliphatic rings. The molecule has 0 aliphatic heterocycles. The summed E-state index contributed by atoms with van der Waals surface area (Å²) in [5.74, 6) is 0.310. The van der Waals surface area contributed by atoms with Gasteiger partial charge in [0.25, 0.3) is 0 Å². The second-order valence-corrected chi connectivity index (χ2v) is 4.37. The number of hydrogen-bond donors (Lipinski definition) is 3. The number of amides is 2. The molecule has 1 aromatic carbocycles. The molecule has 7 heteroatoms. The Bertz CT molecular complexity index is 462. The molecule has 7 nitrogen and oxygen atoms in total. The average Bonchev–Trinajstić information content (AvgIpc) is 2.45. The summed E-state index contributed by atoms with van der Waals surface area (Å²) in [5, 5.41) is 5.30. The highest BCUT2D eigenvalue weighted by Gasteiger charge is 2.12. The van der Waals surface area contributed by atoms with E-state index in [4.69, 9.17) is 15.2 Å². The summed E-state index contributed by atoms with van der Waals surface area (Å²) in [6, 6.07) is 6.55. The molecule has 0 fully saturated rings. The molecule has 1 unspecified atom stereocenters. The van der Waals surface area contributed by atoms with Gasteiger partial charge in [-0.05, 0) is 37.2 Å². The quantitative estimate of drug-likeness (QED) is 0.654. The van der Waals surface area contributed by atoms with Crippen LogP contribution in [-0.2, 0) is 9.53 Å². The fourth-order valence-electron chi connectivity index (χ4n) is 1.68. The van der Waals surface area contributed by atoms with Crippen LogP contribution in [0.15, 0.2) is 24.3 Å². The van der Waals surface area contributed by atoms with Crippen molar-refractivity contribution >= 4 is 17.7 Å². The number of nitrogens with one attached hydrogen (secondary N) is 2. The van der Waals surface area contributed by atoms with Gasteiger partial charge < -0.3 is 25.8 Å². The van der Waals surface area contributed by atoms with Gasteiger partial charge in [-0.3, -0.25) is 4.79 Å². The summed E-state index contributed by atoms with van der Waals surface area (Å²) in [6.45, 7) is 1.90. The van der Waals surface area contributed by atoms with Crippen molar-refractivity contribution in [3.05, 3.63) is 24.3 Å². The van der Waals surface area contributed by atoms with Gasteiger partial charge in [0, 0.05) is 12.6 Å². The predicted molar refractivity (Wildman–Crippen MR) is 79.2 cm³/mol. The van der Waals surface area contributed by atoms with Crippen LogP contribution in [0.4, 0.5) is 10.5 Å². The van der Waals surface area contributed by atoms with E-state index >= 15 is 0 Å². The highest BCUT2D eigenvalue weighted by molar-refractivity contribution is 5.89. The van der Waals surface area contributed by atoms with Crippen LogP contribution >= 0.6 is 0 Å². The number of anilines is 1. The zero-order valence-electron chi connectivity index (χ0n) is 12.2.